The topological polar surface area (TPSA) is 72.6 Å². The number of halogens is 2. The van der Waals surface area contributed by atoms with E-state index in [2.05, 4.69) is 15.9 Å². The van der Waals surface area contributed by atoms with Crippen molar-refractivity contribution in [1.82, 2.24) is 4.31 Å². The minimum absolute atomic E-state index is 0.0195. The Kier molecular flexibility index (Phi) is 4.92. The number of ether oxygens (including phenoxy) is 1. The Labute approximate surface area is 132 Å². The summed E-state index contributed by atoms with van der Waals surface area (Å²) in [5.74, 6) is -0.650. The zero-order valence-corrected chi connectivity index (χ0v) is 14.2. The van der Waals surface area contributed by atoms with Gasteiger partial charge in [-0.05, 0) is 41.4 Å². The number of anilines is 1. The van der Waals surface area contributed by atoms with Gasteiger partial charge in [0.05, 0.1) is 23.3 Å². The van der Waals surface area contributed by atoms with Crippen LogP contribution >= 0.6 is 15.9 Å². The molecule has 2 rings (SSSR count). The van der Waals surface area contributed by atoms with Gasteiger partial charge < -0.3 is 10.5 Å². The van der Waals surface area contributed by atoms with E-state index in [0.29, 0.717) is 13.0 Å². The Morgan fingerprint density at radius 2 is 2.19 bits per heavy atom. The lowest BCUT2D eigenvalue weighted by Gasteiger charge is -2.37. The first-order valence-corrected chi connectivity index (χ1v) is 8.88. The lowest BCUT2D eigenvalue weighted by Crippen LogP contribution is -2.51. The van der Waals surface area contributed by atoms with Crippen LogP contribution < -0.4 is 5.73 Å². The van der Waals surface area contributed by atoms with Crippen LogP contribution in [0.2, 0.25) is 0 Å². The van der Waals surface area contributed by atoms with E-state index in [1.165, 1.54) is 4.31 Å². The molecule has 2 unspecified atom stereocenters. The quantitative estimate of drug-likeness (QED) is 0.816. The van der Waals surface area contributed by atoms with Gasteiger partial charge in [0.25, 0.3) is 0 Å². The lowest BCUT2D eigenvalue weighted by atomic mass is 10.2. The molecule has 1 aromatic carbocycles. The number of hydrogen-bond acceptors (Lipinski definition) is 4. The van der Waals surface area contributed by atoms with Gasteiger partial charge in [-0.15, -0.1) is 0 Å². The fraction of sp³-hybridized carbons (Fsp3) is 0.538. The van der Waals surface area contributed by atoms with Crippen LogP contribution in [0.4, 0.5) is 10.1 Å². The molecule has 0 radical (unpaired) electrons. The molecule has 8 heteroatoms. The predicted molar refractivity (Wildman–Crippen MR) is 81.9 cm³/mol. The van der Waals surface area contributed by atoms with E-state index in [1.807, 2.05) is 13.8 Å². The fourth-order valence-electron chi connectivity index (χ4n) is 2.30. The van der Waals surface area contributed by atoms with Gasteiger partial charge in [-0.1, -0.05) is 6.92 Å². The van der Waals surface area contributed by atoms with E-state index in [9.17, 15) is 12.8 Å². The van der Waals surface area contributed by atoms with Crippen molar-refractivity contribution in [3.05, 3.63) is 22.4 Å². The third-order valence-corrected chi connectivity index (χ3v) is 6.40. The Morgan fingerprint density at radius 1 is 1.52 bits per heavy atom. The summed E-state index contributed by atoms with van der Waals surface area (Å²) in [5, 5.41) is 0. The maximum absolute atomic E-state index is 13.4. The highest BCUT2D eigenvalue weighted by atomic mass is 79.9. The molecule has 1 aromatic rings. The second kappa shape index (κ2) is 6.20. The highest BCUT2D eigenvalue weighted by Gasteiger charge is 2.36. The zero-order chi connectivity index (χ0) is 15.8. The number of benzene rings is 1. The SMILES string of the molecule is CCC1COC(C)CN1S(=O)(=O)c1cc(N)c(F)cc1Br. The number of sulfonamides is 1. The Morgan fingerprint density at radius 3 is 2.81 bits per heavy atom. The molecule has 118 valence electrons. The number of nitrogen functional groups attached to an aromatic ring is 1. The van der Waals surface area contributed by atoms with Gasteiger partial charge in [0.15, 0.2) is 0 Å². The van der Waals surface area contributed by atoms with Gasteiger partial charge in [-0.3, -0.25) is 0 Å². The molecule has 1 saturated heterocycles. The van der Waals surface area contributed by atoms with Crippen molar-refractivity contribution in [3.63, 3.8) is 0 Å². The second-order valence-corrected chi connectivity index (χ2v) is 7.80. The molecular weight excluding hydrogens is 363 g/mol. The molecule has 0 amide bonds. The predicted octanol–water partition coefficient (Wildman–Crippen LogP) is 2.36. The average molecular weight is 381 g/mol. The molecular formula is C13H18BrFN2O3S. The summed E-state index contributed by atoms with van der Waals surface area (Å²) in [5.41, 5.74) is 5.32. The minimum Gasteiger partial charge on any atom is -0.396 e. The van der Waals surface area contributed by atoms with E-state index in [4.69, 9.17) is 10.5 Å². The van der Waals surface area contributed by atoms with Gasteiger partial charge in [0.1, 0.15) is 5.82 Å². The van der Waals surface area contributed by atoms with Crippen molar-refractivity contribution in [2.45, 2.75) is 37.3 Å². The number of nitrogens with zero attached hydrogens (tertiary/aromatic N) is 1. The maximum atomic E-state index is 13.4. The van der Waals surface area contributed by atoms with Gasteiger partial charge in [0, 0.05) is 17.1 Å². The molecule has 0 aliphatic carbocycles. The van der Waals surface area contributed by atoms with Crippen LogP contribution in [-0.4, -0.2) is 38.0 Å². The molecule has 0 saturated carbocycles. The van der Waals surface area contributed by atoms with Gasteiger partial charge in [-0.2, -0.15) is 4.31 Å². The Bertz CT molecular complexity index is 639. The summed E-state index contributed by atoms with van der Waals surface area (Å²) in [7, 11) is -3.77. The summed E-state index contributed by atoms with van der Waals surface area (Å²) < 4.78 is 46.2. The molecule has 0 spiro atoms. The molecule has 2 atom stereocenters. The van der Waals surface area contributed by atoms with E-state index < -0.39 is 15.8 Å². The molecule has 2 N–H and O–H groups in total. The fourth-order valence-corrected chi connectivity index (χ4v) is 5.07. The van der Waals surface area contributed by atoms with Crippen LogP contribution in [0, 0.1) is 5.82 Å². The second-order valence-electron chi connectivity index (χ2n) is 5.08. The van der Waals surface area contributed by atoms with Crippen molar-refractivity contribution in [3.8, 4) is 0 Å². The van der Waals surface area contributed by atoms with Crippen molar-refractivity contribution >= 4 is 31.6 Å². The number of morpholine rings is 1. The highest BCUT2D eigenvalue weighted by Crippen LogP contribution is 2.31. The smallest absolute Gasteiger partial charge is 0.244 e. The van der Waals surface area contributed by atoms with Crippen LogP contribution in [0.5, 0.6) is 0 Å². The van der Waals surface area contributed by atoms with Crippen LogP contribution in [0.15, 0.2) is 21.5 Å². The van der Waals surface area contributed by atoms with Crippen molar-refractivity contribution < 1.29 is 17.5 Å². The molecule has 1 fully saturated rings. The van der Waals surface area contributed by atoms with E-state index >= 15 is 0 Å². The van der Waals surface area contributed by atoms with E-state index in [-0.39, 0.29) is 33.7 Å². The summed E-state index contributed by atoms with van der Waals surface area (Å²) in [6, 6.07) is 2.00. The zero-order valence-electron chi connectivity index (χ0n) is 11.8. The van der Waals surface area contributed by atoms with Crippen LogP contribution in [0.3, 0.4) is 0 Å². The first kappa shape index (κ1) is 16.7. The third kappa shape index (κ3) is 3.23. The van der Waals surface area contributed by atoms with Gasteiger partial charge in [-0.25, -0.2) is 12.8 Å². The Hall–Kier alpha value is -0.700. The first-order chi connectivity index (χ1) is 9.77. The van der Waals surface area contributed by atoms with Crippen molar-refractivity contribution in [2.24, 2.45) is 0 Å². The molecule has 0 bridgehead atoms. The van der Waals surface area contributed by atoms with Crippen LogP contribution in [0.1, 0.15) is 20.3 Å². The lowest BCUT2D eigenvalue weighted by molar-refractivity contribution is -0.0230. The van der Waals surface area contributed by atoms with Crippen molar-refractivity contribution in [2.75, 3.05) is 18.9 Å². The minimum atomic E-state index is -3.77. The van der Waals surface area contributed by atoms with Gasteiger partial charge >= 0.3 is 0 Å². The normalized spacial score (nSPS) is 24.2. The van der Waals surface area contributed by atoms with E-state index in [1.54, 1.807) is 0 Å². The Balaban J connectivity index is 2.47. The van der Waals surface area contributed by atoms with Crippen LogP contribution in [0.25, 0.3) is 0 Å². The molecule has 21 heavy (non-hydrogen) atoms. The highest BCUT2D eigenvalue weighted by molar-refractivity contribution is 9.10. The summed E-state index contributed by atoms with van der Waals surface area (Å²) in [6.07, 6.45) is 0.458. The summed E-state index contributed by atoms with van der Waals surface area (Å²) in [4.78, 5) is -0.0195. The molecule has 1 heterocycles. The summed E-state index contributed by atoms with van der Waals surface area (Å²) >= 11 is 3.11. The standard InChI is InChI=1S/C13H18BrFN2O3S/c1-3-9-7-20-8(2)6-17(9)21(18,19)13-5-12(16)11(15)4-10(13)14/h4-5,8-9H,3,6-7,16H2,1-2H3. The largest absolute Gasteiger partial charge is 0.396 e. The monoisotopic (exact) mass is 380 g/mol. The van der Waals surface area contributed by atoms with Crippen molar-refractivity contribution in [1.29, 1.82) is 0 Å². The summed E-state index contributed by atoms with van der Waals surface area (Å²) in [6.45, 7) is 4.35. The van der Waals surface area contributed by atoms with Gasteiger partial charge in [0.2, 0.25) is 10.0 Å². The molecule has 1 aliphatic heterocycles. The number of rotatable bonds is 3. The van der Waals surface area contributed by atoms with E-state index in [0.717, 1.165) is 12.1 Å². The molecule has 5 nitrogen and oxygen atoms in total. The number of nitrogens with two attached hydrogens (primary N) is 1. The maximum Gasteiger partial charge on any atom is 0.244 e. The van der Waals surface area contributed by atoms with Crippen LogP contribution in [-0.2, 0) is 14.8 Å². The first-order valence-electron chi connectivity index (χ1n) is 6.65. The third-order valence-electron chi connectivity index (χ3n) is 3.53. The molecule has 1 aliphatic rings. The number of hydrogen-bond donors (Lipinski definition) is 1. The average Bonchev–Trinajstić information content (AvgIpc) is 2.42. The molecule has 0 aromatic heterocycles.